The largest absolute Gasteiger partial charge is 0.356 e. The second-order valence-corrected chi connectivity index (χ2v) is 6.59. The SMILES string of the molecule is O=C(CC1C(=O)Nc2ccccc2N1S(=O)O)NCCc1ccncc1. The van der Waals surface area contributed by atoms with E-state index < -0.39 is 23.2 Å². The standard InChI is InChI=1S/C17H18N4O4S/c22-16(19-10-7-12-5-8-18-9-6-12)11-15-17(23)20-13-3-1-2-4-14(13)21(15)26(24)25/h1-6,8-9,15H,7,10-11H2,(H,19,22)(H,20,23)(H,24,25). The number of benzene rings is 1. The topological polar surface area (TPSA) is 112 Å². The first-order chi connectivity index (χ1) is 12.6. The molecule has 2 unspecified atom stereocenters. The lowest BCUT2D eigenvalue weighted by Gasteiger charge is -2.34. The molecular weight excluding hydrogens is 356 g/mol. The van der Waals surface area contributed by atoms with Gasteiger partial charge in [-0.05, 0) is 36.2 Å². The summed E-state index contributed by atoms with van der Waals surface area (Å²) in [5.74, 6) is -0.857. The van der Waals surface area contributed by atoms with E-state index in [0.29, 0.717) is 24.3 Å². The number of hydrogen-bond acceptors (Lipinski definition) is 4. The number of rotatable bonds is 6. The predicted octanol–water partition coefficient (Wildman–Crippen LogP) is 1.09. The zero-order valence-corrected chi connectivity index (χ0v) is 14.6. The van der Waals surface area contributed by atoms with Crippen molar-refractivity contribution in [1.82, 2.24) is 10.3 Å². The zero-order chi connectivity index (χ0) is 18.5. The molecule has 0 aliphatic carbocycles. The van der Waals surface area contributed by atoms with E-state index in [2.05, 4.69) is 15.6 Å². The van der Waals surface area contributed by atoms with Crippen molar-refractivity contribution in [1.29, 1.82) is 0 Å². The fraction of sp³-hybridized carbons (Fsp3) is 0.235. The molecule has 0 saturated heterocycles. The number of fused-ring (bicyclic) bond motifs is 1. The smallest absolute Gasteiger partial charge is 0.262 e. The number of hydrogen-bond donors (Lipinski definition) is 3. The van der Waals surface area contributed by atoms with Crippen LogP contribution in [-0.2, 0) is 27.3 Å². The summed E-state index contributed by atoms with van der Waals surface area (Å²) in [4.78, 5) is 28.5. The van der Waals surface area contributed by atoms with Crippen molar-refractivity contribution in [3.63, 3.8) is 0 Å². The molecule has 0 bridgehead atoms. The monoisotopic (exact) mass is 374 g/mol. The van der Waals surface area contributed by atoms with Gasteiger partial charge in [0.05, 0.1) is 17.8 Å². The van der Waals surface area contributed by atoms with Crippen LogP contribution in [0.5, 0.6) is 0 Å². The Morgan fingerprint density at radius 3 is 2.73 bits per heavy atom. The Hall–Kier alpha value is -2.78. The molecule has 26 heavy (non-hydrogen) atoms. The Morgan fingerprint density at radius 2 is 2.00 bits per heavy atom. The lowest BCUT2D eigenvalue weighted by molar-refractivity contribution is -0.125. The Bertz CT molecular complexity index is 831. The van der Waals surface area contributed by atoms with Crippen LogP contribution < -0.4 is 14.9 Å². The van der Waals surface area contributed by atoms with Crippen molar-refractivity contribution in [3.05, 3.63) is 54.4 Å². The fourth-order valence-electron chi connectivity index (χ4n) is 2.77. The van der Waals surface area contributed by atoms with E-state index in [0.717, 1.165) is 9.87 Å². The number of para-hydroxylation sites is 2. The number of pyridine rings is 1. The van der Waals surface area contributed by atoms with E-state index in [1.54, 1.807) is 36.7 Å². The van der Waals surface area contributed by atoms with Gasteiger partial charge in [-0.2, -0.15) is 0 Å². The molecule has 3 rings (SSSR count). The number of carbonyl (C=O) groups is 2. The van der Waals surface area contributed by atoms with Crippen LogP contribution in [0.2, 0.25) is 0 Å². The van der Waals surface area contributed by atoms with Gasteiger partial charge in [-0.1, -0.05) is 12.1 Å². The quantitative estimate of drug-likeness (QED) is 0.656. The van der Waals surface area contributed by atoms with E-state index >= 15 is 0 Å². The highest BCUT2D eigenvalue weighted by Crippen LogP contribution is 2.33. The Labute approximate surface area is 153 Å². The van der Waals surface area contributed by atoms with E-state index in [1.165, 1.54) is 0 Å². The maximum Gasteiger partial charge on any atom is 0.262 e. The van der Waals surface area contributed by atoms with Crippen molar-refractivity contribution in [2.45, 2.75) is 18.9 Å². The molecule has 2 amide bonds. The number of carbonyl (C=O) groups excluding carboxylic acids is 2. The molecule has 0 spiro atoms. The van der Waals surface area contributed by atoms with Crippen molar-refractivity contribution in [3.8, 4) is 0 Å². The second-order valence-electron chi connectivity index (χ2n) is 5.74. The van der Waals surface area contributed by atoms with Crippen molar-refractivity contribution in [2.24, 2.45) is 0 Å². The van der Waals surface area contributed by atoms with Crippen LogP contribution in [0, 0.1) is 0 Å². The molecule has 0 fully saturated rings. The lowest BCUT2D eigenvalue weighted by Crippen LogP contribution is -2.51. The van der Waals surface area contributed by atoms with E-state index in [9.17, 15) is 18.4 Å². The zero-order valence-electron chi connectivity index (χ0n) is 13.8. The van der Waals surface area contributed by atoms with Gasteiger partial charge in [0.15, 0.2) is 0 Å². The van der Waals surface area contributed by atoms with Crippen LogP contribution in [0.15, 0.2) is 48.8 Å². The molecule has 8 nitrogen and oxygen atoms in total. The molecule has 2 atom stereocenters. The summed E-state index contributed by atoms with van der Waals surface area (Å²) >= 11 is -2.43. The number of nitrogens with one attached hydrogen (secondary N) is 2. The van der Waals surface area contributed by atoms with Crippen LogP contribution in [-0.4, -0.2) is 38.1 Å². The number of nitrogens with zero attached hydrogens (tertiary/aromatic N) is 2. The first-order valence-corrected chi connectivity index (χ1v) is 9.08. The molecule has 0 saturated carbocycles. The molecule has 136 valence electrons. The first-order valence-electron chi connectivity index (χ1n) is 8.02. The highest BCUT2D eigenvalue weighted by molar-refractivity contribution is 7.80. The van der Waals surface area contributed by atoms with Crippen molar-refractivity contribution >= 4 is 34.5 Å². The second kappa shape index (κ2) is 8.07. The van der Waals surface area contributed by atoms with Crippen molar-refractivity contribution in [2.75, 3.05) is 16.2 Å². The average molecular weight is 374 g/mol. The molecule has 9 heteroatoms. The van der Waals surface area contributed by atoms with Gasteiger partial charge in [0, 0.05) is 18.9 Å². The van der Waals surface area contributed by atoms with Gasteiger partial charge in [0.1, 0.15) is 6.04 Å². The van der Waals surface area contributed by atoms with E-state index in [1.807, 2.05) is 12.1 Å². The van der Waals surface area contributed by atoms with Crippen LogP contribution in [0.1, 0.15) is 12.0 Å². The summed E-state index contributed by atoms with van der Waals surface area (Å²) in [5.41, 5.74) is 1.87. The minimum Gasteiger partial charge on any atom is -0.356 e. The van der Waals surface area contributed by atoms with Gasteiger partial charge in [0.2, 0.25) is 11.8 Å². The predicted molar refractivity (Wildman–Crippen MR) is 97.7 cm³/mol. The number of anilines is 2. The first kappa shape index (κ1) is 18.0. The van der Waals surface area contributed by atoms with Gasteiger partial charge >= 0.3 is 0 Å². The third-order valence-corrected chi connectivity index (χ3v) is 4.80. The molecule has 0 radical (unpaired) electrons. The van der Waals surface area contributed by atoms with Crippen molar-refractivity contribution < 1.29 is 18.4 Å². The Morgan fingerprint density at radius 1 is 1.27 bits per heavy atom. The number of amides is 2. The van der Waals surface area contributed by atoms with Crippen LogP contribution in [0.4, 0.5) is 11.4 Å². The Kier molecular flexibility index (Phi) is 5.59. The molecule has 1 aromatic carbocycles. The molecular formula is C17H18N4O4S. The van der Waals surface area contributed by atoms with Gasteiger partial charge < -0.3 is 10.6 Å². The Balaban J connectivity index is 1.65. The summed E-state index contributed by atoms with van der Waals surface area (Å²) in [5, 5.41) is 5.40. The normalized spacial score (nSPS) is 17.2. The maximum absolute atomic E-state index is 12.3. The van der Waals surface area contributed by atoms with Crippen LogP contribution in [0.25, 0.3) is 0 Å². The van der Waals surface area contributed by atoms with Gasteiger partial charge in [-0.15, -0.1) is 0 Å². The minimum absolute atomic E-state index is 0.219. The van der Waals surface area contributed by atoms with E-state index in [4.69, 9.17) is 0 Å². The maximum atomic E-state index is 12.3. The lowest BCUT2D eigenvalue weighted by atomic mass is 10.1. The van der Waals surface area contributed by atoms with Gasteiger partial charge in [-0.25, -0.2) is 4.21 Å². The molecule has 1 aliphatic rings. The summed E-state index contributed by atoms with van der Waals surface area (Å²) in [6.45, 7) is 0.399. The summed E-state index contributed by atoms with van der Waals surface area (Å²) < 4.78 is 22.5. The number of aromatic nitrogens is 1. The third-order valence-electron chi connectivity index (χ3n) is 4.02. The summed E-state index contributed by atoms with van der Waals surface area (Å²) in [7, 11) is 0. The van der Waals surface area contributed by atoms with Crippen LogP contribution >= 0.6 is 0 Å². The molecule has 1 aromatic heterocycles. The van der Waals surface area contributed by atoms with Gasteiger partial charge in [-0.3, -0.25) is 23.4 Å². The fourth-order valence-corrected chi connectivity index (χ4v) is 3.49. The van der Waals surface area contributed by atoms with E-state index in [-0.39, 0.29) is 12.3 Å². The highest BCUT2D eigenvalue weighted by atomic mass is 32.2. The third kappa shape index (κ3) is 4.06. The minimum atomic E-state index is -2.43. The van der Waals surface area contributed by atoms with Crippen LogP contribution in [0.3, 0.4) is 0 Å². The molecule has 3 N–H and O–H groups in total. The molecule has 1 aliphatic heterocycles. The highest BCUT2D eigenvalue weighted by Gasteiger charge is 2.37. The average Bonchev–Trinajstić information content (AvgIpc) is 2.63. The molecule has 2 aromatic rings. The van der Waals surface area contributed by atoms with Gasteiger partial charge in [0.25, 0.3) is 11.3 Å². The molecule has 2 heterocycles. The summed E-state index contributed by atoms with van der Waals surface area (Å²) in [6.07, 6.45) is 3.76. The summed E-state index contributed by atoms with van der Waals surface area (Å²) in [6, 6.07) is 9.32.